The number of aliphatic hydroxyl groups excluding tert-OH is 2. The van der Waals surface area contributed by atoms with Crippen LogP contribution in [0.4, 0.5) is 4.39 Å². The predicted octanol–water partition coefficient (Wildman–Crippen LogP) is 0.927. The Balaban J connectivity index is 2.05. The molecule has 2 aromatic rings. The average molecular weight is 311 g/mol. The Morgan fingerprint density at radius 3 is 2.95 bits per heavy atom. The van der Waals surface area contributed by atoms with E-state index in [1.54, 1.807) is 4.57 Å². The number of hydrogen-bond acceptors (Lipinski definition) is 5. The number of imidazole rings is 1. The highest BCUT2D eigenvalue weighted by molar-refractivity contribution is 6.33. The van der Waals surface area contributed by atoms with Gasteiger partial charge in [-0.05, 0) is 12.8 Å². The Morgan fingerprint density at radius 1 is 1.57 bits per heavy atom. The lowest BCUT2D eigenvalue weighted by molar-refractivity contribution is 0.0475. The summed E-state index contributed by atoms with van der Waals surface area (Å²) < 4.78 is 14.9. The quantitative estimate of drug-likeness (QED) is 0.490. The zero-order valence-electron chi connectivity index (χ0n) is 10.9. The van der Waals surface area contributed by atoms with Gasteiger partial charge in [0, 0.05) is 6.04 Å². The number of hydrogen-bond donors (Lipinski definition) is 2. The summed E-state index contributed by atoms with van der Waals surface area (Å²) >= 11 is 5.83. The first-order chi connectivity index (χ1) is 10.0. The molecule has 1 aliphatic rings. The molecule has 2 aromatic heterocycles. The van der Waals surface area contributed by atoms with Gasteiger partial charge in [0.05, 0.1) is 24.5 Å². The smallest absolute Gasteiger partial charge is 0.312 e. The first-order valence-corrected chi connectivity index (χ1v) is 6.71. The largest absolute Gasteiger partial charge is 0.395 e. The minimum absolute atomic E-state index is 0.0693. The van der Waals surface area contributed by atoms with Crippen molar-refractivity contribution in [1.29, 1.82) is 0 Å². The van der Waals surface area contributed by atoms with Crippen LogP contribution in [0.25, 0.3) is 11.2 Å². The van der Waals surface area contributed by atoms with Gasteiger partial charge in [-0.3, -0.25) is 0 Å². The number of terminal acetylenes is 1. The zero-order chi connectivity index (χ0) is 15.2. The molecule has 1 saturated carbocycles. The molecule has 6 nitrogen and oxygen atoms in total. The Bertz CT molecular complexity index is 744. The van der Waals surface area contributed by atoms with Gasteiger partial charge in [0.2, 0.25) is 0 Å². The third kappa shape index (κ3) is 2.07. The molecule has 2 N–H and O–H groups in total. The van der Waals surface area contributed by atoms with Gasteiger partial charge in [-0.2, -0.15) is 14.4 Å². The van der Waals surface area contributed by atoms with E-state index in [2.05, 4.69) is 20.9 Å². The highest BCUT2D eigenvalue weighted by atomic mass is 35.5. The summed E-state index contributed by atoms with van der Waals surface area (Å²) in [5.41, 5.74) is -0.471. The average Bonchev–Trinajstić information content (AvgIpc) is 3.00. The van der Waals surface area contributed by atoms with E-state index in [1.807, 2.05) is 0 Å². The maximum Gasteiger partial charge on any atom is 0.312 e. The molecular weight excluding hydrogens is 299 g/mol. The summed E-state index contributed by atoms with van der Waals surface area (Å²) in [7, 11) is 0. The van der Waals surface area contributed by atoms with Crippen molar-refractivity contribution in [2.24, 2.45) is 5.41 Å². The van der Waals surface area contributed by atoms with Gasteiger partial charge in [0.1, 0.15) is 5.52 Å². The fourth-order valence-corrected chi connectivity index (χ4v) is 3.03. The molecule has 0 saturated heterocycles. The van der Waals surface area contributed by atoms with E-state index >= 15 is 0 Å². The zero-order valence-corrected chi connectivity index (χ0v) is 11.6. The molecular formula is C13H12ClFN4O2. The molecule has 21 heavy (non-hydrogen) atoms. The van der Waals surface area contributed by atoms with Crippen molar-refractivity contribution in [2.45, 2.75) is 25.0 Å². The van der Waals surface area contributed by atoms with Gasteiger partial charge in [-0.15, -0.1) is 6.42 Å². The van der Waals surface area contributed by atoms with E-state index in [9.17, 15) is 14.6 Å². The second-order valence-electron chi connectivity index (χ2n) is 5.18. The Morgan fingerprint density at radius 2 is 2.33 bits per heavy atom. The second kappa shape index (κ2) is 4.91. The molecule has 0 unspecified atom stereocenters. The lowest BCUT2D eigenvalue weighted by atomic mass is 9.86. The predicted molar refractivity (Wildman–Crippen MR) is 72.9 cm³/mol. The summed E-state index contributed by atoms with van der Waals surface area (Å²) in [6, 6.07) is -0.251. The maximum atomic E-state index is 13.3. The van der Waals surface area contributed by atoms with E-state index in [4.69, 9.17) is 18.0 Å². The summed E-state index contributed by atoms with van der Waals surface area (Å²) in [6.45, 7) is -0.322. The third-order valence-corrected chi connectivity index (χ3v) is 4.31. The van der Waals surface area contributed by atoms with Crippen LogP contribution in [0.2, 0.25) is 5.15 Å². The fraction of sp³-hybridized carbons (Fsp3) is 0.462. The molecule has 0 aliphatic heterocycles. The van der Waals surface area contributed by atoms with Crippen molar-refractivity contribution in [1.82, 2.24) is 19.5 Å². The summed E-state index contributed by atoms with van der Waals surface area (Å²) in [4.78, 5) is 11.2. The van der Waals surface area contributed by atoms with Gasteiger partial charge >= 0.3 is 6.08 Å². The minimum atomic E-state index is -1.00. The van der Waals surface area contributed by atoms with Crippen LogP contribution in [0.3, 0.4) is 0 Å². The van der Waals surface area contributed by atoms with Crippen molar-refractivity contribution in [2.75, 3.05) is 6.61 Å². The molecule has 0 bridgehead atoms. The van der Waals surface area contributed by atoms with Crippen LogP contribution < -0.4 is 0 Å². The number of nitrogens with zero attached hydrogens (tertiary/aromatic N) is 4. The molecule has 0 radical (unpaired) electrons. The van der Waals surface area contributed by atoms with Crippen LogP contribution in [0.15, 0.2) is 6.33 Å². The summed E-state index contributed by atoms with van der Waals surface area (Å²) in [5, 5.41) is 19.5. The molecule has 110 valence electrons. The molecule has 8 heteroatoms. The monoisotopic (exact) mass is 310 g/mol. The first kappa shape index (κ1) is 14.2. The highest BCUT2D eigenvalue weighted by Gasteiger charge is 2.46. The molecule has 0 spiro atoms. The van der Waals surface area contributed by atoms with Crippen molar-refractivity contribution < 1.29 is 14.6 Å². The van der Waals surface area contributed by atoms with Gasteiger partial charge in [-0.25, -0.2) is 4.98 Å². The summed E-state index contributed by atoms with van der Waals surface area (Å²) in [6.07, 6.45) is 5.77. The van der Waals surface area contributed by atoms with Crippen molar-refractivity contribution >= 4 is 22.8 Å². The van der Waals surface area contributed by atoms with E-state index in [0.29, 0.717) is 12.8 Å². The Kier molecular flexibility index (Phi) is 3.32. The summed E-state index contributed by atoms with van der Waals surface area (Å²) in [5.74, 6) is 2.47. The van der Waals surface area contributed by atoms with Gasteiger partial charge < -0.3 is 14.8 Å². The molecule has 1 fully saturated rings. The number of fused-ring (bicyclic) bond motifs is 1. The van der Waals surface area contributed by atoms with E-state index in [1.165, 1.54) is 6.33 Å². The number of halogens is 2. The van der Waals surface area contributed by atoms with Crippen molar-refractivity contribution in [3.63, 3.8) is 0 Å². The molecule has 3 rings (SSSR count). The SMILES string of the molecule is C#C[C@]1(CO)C[C@@H](n2cnc3c(Cl)nc(F)nc32)C[C@@H]1O. The molecule has 0 aromatic carbocycles. The van der Waals surface area contributed by atoms with Crippen LogP contribution in [-0.4, -0.2) is 42.4 Å². The topological polar surface area (TPSA) is 84.1 Å². The molecule has 0 amide bonds. The van der Waals surface area contributed by atoms with Crippen LogP contribution in [0, 0.1) is 23.8 Å². The Hall–Kier alpha value is -1.75. The van der Waals surface area contributed by atoms with Gasteiger partial charge in [0.25, 0.3) is 0 Å². The highest BCUT2D eigenvalue weighted by Crippen LogP contribution is 2.44. The third-order valence-electron chi connectivity index (χ3n) is 4.05. The van der Waals surface area contributed by atoms with Crippen LogP contribution in [0.1, 0.15) is 18.9 Å². The fourth-order valence-electron chi connectivity index (χ4n) is 2.83. The van der Waals surface area contributed by atoms with Gasteiger partial charge in [-0.1, -0.05) is 17.5 Å². The van der Waals surface area contributed by atoms with Crippen molar-refractivity contribution in [3.05, 3.63) is 17.6 Å². The number of aliphatic hydroxyl groups is 2. The lowest BCUT2D eigenvalue weighted by Gasteiger charge is -2.23. The minimum Gasteiger partial charge on any atom is -0.395 e. The number of rotatable bonds is 2. The first-order valence-electron chi connectivity index (χ1n) is 6.33. The standard InChI is InChI=1S/C13H12ClFN4O2/c1-2-13(5-20)4-7(3-8(13)21)19-6-16-9-10(14)17-12(15)18-11(9)19/h1,6-8,20-21H,3-5H2/t7-,8-,13+/m0/s1. The number of aromatic nitrogens is 4. The van der Waals surface area contributed by atoms with Crippen LogP contribution in [-0.2, 0) is 0 Å². The second-order valence-corrected chi connectivity index (χ2v) is 5.53. The molecule has 1 aliphatic carbocycles. The van der Waals surface area contributed by atoms with Gasteiger partial charge in [0.15, 0.2) is 10.8 Å². The molecule has 2 heterocycles. The van der Waals surface area contributed by atoms with E-state index in [-0.39, 0.29) is 29.0 Å². The van der Waals surface area contributed by atoms with E-state index < -0.39 is 17.6 Å². The van der Waals surface area contributed by atoms with Crippen LogP contribution in [0.5, 0.6) is 0 Å². The normalized spacial score (nSPS) is 28.9. The maximum absolute atomic E-state index is 13.3. The molecule has 3 atom stereocenters. The lowest BCUT2D eigenvalue weighted by Crippen LogP contribution is -2.31. The van der Waals surface area contributed by atoms with Crippen LogP contribution >= 0.6 is 11.6 Å². The Labute approximate surface area is 124 Å². The van der Waals surface area contributed by atoms with E-state index in [0.717, 1.165) is 0 Å². The van der Waals surface area contributed by atoms with Crippen molar-refractivity contribution in [3.8, 4) is 12.3 Å².